The molecule has 0 unspecified atom stereocenters. The Morgan fingerprint density at radius 2 is 2.67 bits per heavy atom. The average Bonchev–Trinajstić information content (AvgIpc) is 1.61. The van der Waals surface area contributed by atoms with Crippen LogP contribution in [0.2, 0.25) is 0 Å². The second-order valence-electron chi connectivity index (χ2n) is 0.757. The van der Waals surface area contributed by atoms with Gasteiger partial charge in [0.25, 0.3) is 0 Å². The summed E-state index contributed by atoms with van der Waals surface area (Å²) in [6, 6.07) is 0. The lowest BCUT2D eigenvalue weighted by Crippen LogP contribution is -2.14. The molecule has 2 nitrogen and oxygen atoms in total. The quantitative estimate of drug-likeness (QED) is 0.359. The molecule has 0 aliphatic heterocycles. The lowest BCUT2D eigenvalue weighted by molar-refractivity contribution is 0.885. The third-order valence-electron chi connectivity index (χ3n) is 0.322. The van der Waals surface area contributed by atoms with Crippen molar-refractivity contribution in [2.45, 2.75) is 0 Å². The van der Waals surface area contributed by atoms with E-state index in [1.54, 1.807) is 6.20 Å². The van der Waals surface area contributed by atoms with Crippen LogP contribution in [0.3, 0.4) is 0 Å². The van der Waals surface area contributed by atoms with Crippen LogP contribution in [0.25, 0.3) is 0 Å². The summed E-state index contributed by atoms with van der Waals surface area (Å²) in [6.45, 7) is 3.75. The summed E-state index contributed by atoms with van der Waals surface area (Å²) in [5, 5.41) is 2.68. The molecule has 0 saturated heterocycles. The van der Waals surface area contributed by atoms with E-state index >= 15 is 0 Å². The number of nitrogens with one attached hydrogen (secondary N) is 1. The van der Waals surface area contributed by atoms with E-state index in [4.69, 9.17) is 5.73 Å². The van der Waals surface area contributed by atoms with Gasteiger partial charge in [-0.1, -0.05) is 6.58 Å². The number of hydrogen-bond donors (Lipinski definition) is 2. The van der Waals surface area contributed by atoms with Crippen molar-refractivity contribution in [2.24, 2.45) is 5.73 Å². The molecule has 0 heterocycles. The van der Waals surface area contributed by atoms with E-state index in [2.05, 4.69) is 17.6 Å². The smallest absolute Gasteiger partial charge is 0.0628 e. The Bertz CT molecular complexity index is 61.9. The molecule has 0 bridgehead atoms. The van der Waals surface area contributed by atoms with Crippen LogP contribution in [-0.4, -0.2) is 6.67 Å². The molecule has 0 aromatic rings. The molecule has 6 heavy (non-hydrogen) atoms. The molecule has 2 heteroatoms. The fraction of sp³-hybridized carbons (Fsp3) is 0.250. The van der Waals surface area contributed by atoms with Crippen molar-refractivity contribution in [3.63, 3.8) is 0 Å². The largest absolute Gasteiger partial charge is 0.372 e. The third-order valence-corrected chi connectivity index (χ3v) is 0.322. The van der Waals surface area contributed by atoms with Gasteiger partial charge in [0.05, 0.1) is 6.67 Å². The van der Waals surface area contributed by atoms with Gasteiger partial charge in [-0.25, -0.2) is 0 Å². The fourth-order valence-electron chi connectivity index (χ4n) is 0.131. The van der Waals surface area contributed by atoms with E-state index in [0.29, 0.717) is 6.67 Å². The van der Waals surface area contributed by atoms with Crippen LogP contribution in [0.15, 0.2) is 18.5 Å². The highest BCUT2D eigenvalue weighted by molar-refractivity contribution is 4.70. The lowest BCUT2D eigenvalue weighted by atomic mass is 10.8. The van der Waals surface area contributed by atoms with Crippen LogP contribution in [-0.2, 0) is 0 Å². The molecule has 0 atom stereocenters. The first kappa shape index (κ1) is 5.28. The van der Waals surface area contributed by atoms with E-state index in [1.165, 1.54) is 0 Å². The lowest BCUT2D eigenvalue weighted by Gasteiger charge is -1.83. The molecule has 0 amide bonds. The second-order valence-corrected chi connectivity index (χ2v) is 0.757. The van der Waals surface area contributed by atoms with Crippen molar-refractivity contribution in [2.75, 3.05) is 6.67 Å². The van der Waals surface area contributed by atoms with Gasteiger partial charge in [-0.15, -0.1) is 5.73 Å². The van der Waals surface area contributed by atoms with Crippen LogP contribution >= 0.6 is 0 Å². The molecule has 0 spiro atoms. The number of hydrogen-bond acceptors (Lipinski definition) is 2. The zero-order valence-electron chi connectivity index (χ0n) is 3.57. The van der Waals surface area contributed by atoms with Gasteiger partial charge in [-0.2, -0.15) is 0 Å². The van der Waals surface area contributed by atoms with E-state index in [0.717, 1.165) is 0 Å². The first-order valence-corrected chi connectivity index (χ1v) is 1.69. The Morgan fingerprint density at radius 1 is 2.00 bits per heavy atom. The Kier molecular flexibility index (Phi) is 3.77. The molecular formula is C4H8N2. The molecule has 0 saturated carbocycles. The molecular weight excluding hydrogens is 76.1 g/mol. The summed E-state index contributed by atoms with van der Waals surface area (Å²) < 4.78 is 0. The summed E-state index contributed by atoms with van der Waals surface area (Å²) in [5.41, 5.74) is 7.51. The molecule has 0 radical (unpaired) electrons. The zero-order valence-corrected chi connectivity index (χ0v) is 3.57. The highest BCUT2D eigenvalue weighted by atomic mass is 14.9. The molecule has 0 aliphatic rings. The highest BCUT2D eigenvalue weighted by Crippen LogP contribution is 1.45. The topological polar surface area (TPSA) is 38.0 Å². The van der Waals surface area contributed by atoms with Crippen molar-refractivity contribution < 1.29 is 0 Å². The Labute approximate surface area is 37.3 Å². The van der Waals surface area contributed by atoms with Gasteiger partial charge in [0.1, 0.15) is 0 Å². The van der Waals surface area contributed by atoms with Crippen LogP contribution in [0, 0.1) is 0 Å². The van der Waals surface area contributed by atoms with Crippen molar-refractivity contribution in [3.05, 3.63) is 18.5 Å². The summed E-state index contributed by atoms with van der Waals surface area (Å²) in [5.74, 6) is 0. The standard InChI is InChI=1S/C4H8N2/c1-2-3-6-4-5/h3,6H,1,4-5H2. The van der Waals surface area contributed by atoms with Crippen LogP contribution < -0.4 is 11.1 Å². The summed E-state index contributed by atoms with van der Waals surface area (Å²) in [7, 11) is 0. The van der Waals surface area contributed by atoms with Crippen LogP contribution in [0.4, 0.5) is 0 Å². The normalized spacial score (nSPS) is 6.17. The minimum absolute atomic E-state index is 0.447. The average molecular weight is 84.1 g/mol. The summed E-state index contributed by atoms with van der Waals surface area (Å²) >= 11 is 0. The maximum Gasteiger partial charge on any atom is 0.0628 e. The van der Waals surface area contributed by atoms with E-state index < -0.39 is 0 Å². The van der Waals surface area contributed by atoms with Gasteiger partial charge in [0.2, 0.25) is 0 Å². The molecule has 34 valence electrons. The van der Waals surface area contributed by atoms with Crippen molar-refractivity contribution >= 4 is 0 Å². The molecule has 0 rings (SSSR count). The zero-order chi connectivity index (χ0) is 4.83. The van der Waals surface area contributed by atoms with Gasteiger partial charge in [-0.3, -0.25) is 0 Å². The summed E-state index contributed by atoms with van der Waals surface area (Å²) in [6.07, 6.45) is 1.57. The number of nitrogens with two attached hydrogens (primary N) is 1. The minimum Gasteiger partial charge on any atom is -0.372 e. The monoisotopic (exact) mass is 84.1 g/mol. The molecule has 0 aliphatic carbocycles. The van der Waals surface area contributed by atoms with Crippen molar-refractivity contribution in [1.29, 1.82) is 0 Å². The van der Waals surface area contributed by atoms with Crippen molar-refractivity contribution in [1.82, 2.24) is 5.32 Å². The second kappa shape index (κ2) is 4.28. The van der Waals surface area contributed by atoms with Crippen LogP contribution in [0.1, 0.15) is 0 Å². The van der Waals surface area contributed by atoms with E-state index in [9.17, 15) is 0 Å². The Morgan fingerprint density at radius 3 is 2.83 bits per heavy atom. The predicted octanol–water partition coefficient (Wildman–Crippen LogP) is -0.209. The highest BCUT2D eigenvalue weighted by Gasteiger charge is 1.55. The van der Waals surface area contributed by atoms with E-state index in [-0.39, 0.29) is 0 Å². The SMILES string of the molecule is C=C=CNCN. The fourth-order valence-corrected chi connectivity index (χ4v) is 0.131. The molecule has 0 aromatic heterocycles. The van der Waals surface area contributed by atoms with E-state index in [1.807, 2.05) is 0 Å². The Balaban J connectivity index is 2.86. The molecule has 3 N–H and O–H groups in total. The third kappa shape index (κ3) is 3.28. The van der Waals surface area contributed by atoms with Crippen LogP contribution in [0.5, 0.6) is 0 Å². The van der Waals surface area contributed by atoms with Gasteiger partial charge in [0, 0.05) is 6.20 Å². The first-order chi connectivity index (χ1) is 2.91. The Hall–Kier alpha value is -0.720. The van der Waals surface area contributed by atoms with Gasteiger partial charge < -0.3 is 11.1 Å². The van der Waals surface area contributed by atoms with Gasteiger partial charge in [0.15, 0.2) is 0 Å². The summed E-state index contributed by atoms with van der Waals surface area (Å²) in [4.78, 5) is 0. The maximum absolute atomic E-state index is 5.00. The maximum atomic E-state index is 5.00. The predicted molar refractivity (Wildman–Crippen MR) is 25.9 cm³/mol. The minimum atomic E-state index is 0.447. The van der Waals surface area contributed by atoms with Gasteiger partial charge in [-0.05, 0) is 0 Å². The van der Waals surface area contributed by atoms with Crippen molar-refractivity contribution in [3.8, 4) is 0 Å². The molecule has 0 fully saturated rings. The number of rotatable bonds is 2. The molecule has 0 aromatic carbocycles. The van der Waals surface area contributed by atoms with Gasteiger partial charge >= 0.3 is 0 Å². The first-order valence-electron chi connectivity index (χ1n) is 1.69.